The molecule has 5 rings (SSSR count). The fourth-order valence-electron chi connectivity index (χ4n) is 5.13. The summed E-state index contributed by atoms with van der Waals surface area (Å²) in [6.07, 6.45) is -1.43. The van der Waals surface area contributed by atoms with Crippen molar-refractivity contribution in [2.75, 3.05) is 13.2 Å². The van der Waals surface area contributed by atoms with Crippen LogP contribution in [0.2, 0.25) is 0 Å². The molecule has 0 atom stereocenters. The largest absolute Gasteiger partial charge is 0.432 e. The molecule has 0 radical (unpaired) electrons. The Morgan fingerprint density at radius 1 is 0.711 bits per heavy atom. The van der Waals surface area contributed by atoms with Gasteiger partial charge in [0.2, 0.25) is 0 Å². The van der Waals surface area contributed by atoms with Gasteiger partial charge in [-0.15, -0.1) is 0 Å². The minimum Gasteiger partial charge on any atom is -0.429 e. The van der Waals surface area contributed by atoms with Gasteiger partial charge in [-0.3, -0.25) is 0 Å². The minimum atomic E-state index is -4.60. The Morgan fingerprint density at radius 3 is 1.91 bits per heavy atom. The molecule has 1 aliphatic heterocycles. The SMILES string of the molecule is CCCCCc1ccc(C2COC(c3cc(F)c(C(F)(F)Oc4ccc(-c5cc(F)c(F)c(F)c5)c(F)c4)c(F)c3)OC2)cc1. The van der Waals surface area contributed by atoms with E-state index in [0.717, 1.165) is 43.4 Å². The second-order valence-corrected chi connectivity index (χ2v) is 10.8. The van der Waals surface area contributed by atoms with Crippen LogP contribution in [0.5, 0.6) is 5.75 Å². The van der Waals surface area contributed by atoms with Crippen molar-refractivity contribution >= 4 is 0 Å². The van der Waals surface area contributed by atoms with Crippen LogP contribution in [0.25, 0.3) is 11.1 Å². The quantitative estimate of drug-likeness (QED) is 0.0986. The topological polar surface area (TPSA) is 27.7 Å². The van der Waals surface area contributed by atoms with Gasteiger partial charge in [-0.05, 0) is 65.9 Å². The first kappa shape index (κ1) is 32.4. The second-order valence-electron chi connectivity index (χ2n) is 10.8. The molecule has 1 fully saturated rings. The normalized spacial score (nSPS) is 17.0. The highest BCUT2D eigenvalue weighted by molar-refractivity contribution is 5.65. The maximum absolute atomic E-state index is 15.0. The first-order valence-electron chi connectivity index (χ1n) is 14.3. The summed E-state index contributed by atoms with van der Waals surface area (Å²) < 4.78 is 131. The van der Waals surface area contributed by atoms with Crippen LogP contribution in [-0.4, -0.2) is 13.2 Å². The van der Waals surface area contributed by atoms with Crippen molar-refractivity contribution in [3.8, 4) is 16.9 Å². The predicted octanol–water partition coefficient (Wildman–Crippen LogP) is 9.88. The molecule has 0 aromatic heterocycles. The summed E-state index contributed by atoms with van der Waals surface area (Å²) in [6, 6.07) is 12.5. The Bertz CT molecular complexity index is 1600. The van der Waals surface area contributed by atoms with Gasteiger partial charge < -0.3 is 14.2 Å². The third kappa shape index (κ3) is 7.31. The first-order chi connectivity index (χ1) is 21.5. The zero-order chi connectivity index (χ0) is 32.3. The molecule has 0 aliphatic carbocycles. The summed E-state index contributed by atoms with van der Waals surface area (Å²) in [5.74, 6) is -10.5. The Morgan fingerprint density at radius 2 is 1.33 bits per heavy atom. The van der Waals surface area contributed by atoms with Crippen molar-refractivity contribution < 1.29 is 49.3 Å². The van der Waals surface area contributed by atoms with Crippen LogP contribution >= 0.6 is 0 Å². The molecule has 3 nitrogen and oxygen atoms in total. The van der Waals surface area contributed by atoms with Gasteiger partial charge in [0.15, 0.2) is 23.7 Å². The van der Waals surface area contributed by atoms with E-state index in [2.05, 4.69) is 11.7 Å². The highest BCUT2D eigenvalue weighted by Gasteiger charge is 2.42. The molecular formula is C34H28F8O3. The number of hydrogen-bond acceptors (Lipinski definition) is 3. The first-order valence-corrected chi connectivity index (χ1v) is 14.3. The molecule has 45 heavy (non-hydrogen) atoms. The molecule has 0 amide bonds. The highest BCUT2D eigenvalue weighted by Crippen LogP contribution is 2.39. The van der Waals surface area contributed by atoms with Gasteiger partial charge in [-0.2, -0.15) is 8.78 Å². The van der Waals surface area contributed by atoms with Crippen LogP contribution in [0.1, 0.15) is 60.6 Å². The van der Waals surface area contributed by atoms with Gasteiger partial charge in [-0.1, -0.05) is 44.0 Å². The van der Waals surface area contributed by atoms with Crippen LogP contribution in [0.4, 0.5) is 35.1 Å². The van der Waals surface area contributed by atoms with Gasteiger partial charge in [0.1, 0.15) is 28.8 Å². The van der Waals surface area contributed by atoms with E-state index < -0.39 is 69.7 Å². The molecule has 4 aromatic carbocycles. The lowest BCUT2D eigenvalue weighted by molar-refractivity contribution is -0.194. The number of hydrogen-bond donors (Lipinski definition) is 0. The number of benzene rings is 4. The molecule has 0 unspecified atom stereocenters. The summed E-state index contributed by atoms with van der Waals surface area (Å²) in [4.78, 5) is 0. The second kappa shape index (κ2) is 13.6. The third-order valence-electron chi connectivity index (χ3n) is 7.53. The molecule has 1 heterocycles. The van der Waals surface area contributed by atoms with Crippen molar-refractivity contribution in [2.45, 2.75) is 50.9 Å². The maximum Gasteiger partial charge on any atom is 0.432 e. The Kier molecular flexibility index (Phi) is 9.79. The number of rotatable bonds is 10. The predicted molar refractivity (Wildman–Crippen MR) is 150 cm³/mol. The van der Waals surface area contributed by atoms with E-state index in [1.165, 1.54) is 5.56 Å². The Balaban J connectivity index is 1.25. The standard InChI is InChI=1S/C34H28F8O3/c1-2-3-4-5-19-6-8-20(9-7-19)23-17-43-33(44-18-23)22-14-27(36)31(28(37)15-22)34(41,42)45-24-10-11-25(26(35)16-24)21-12-29(38)32(40)30(39)13-21/h6-16,23,33H,2-5,17-18H2,1H3. The lowest BCUT2D eigenvalue weighted by atomic mass is 9.97. The molecule has 4 aromatic rings. The molecule has 1 saturated heterocycles. The highest BCUT2D eigenvalue weighted by atomic mass is 19.3. The van der Waals surface area contributed by atoms with Crippen LogP contribution < -0.4 is 4.74 Å². The third-order valence-corrected chi connectivity index (χ3v) is 7.53. The van der Waals surface area contributed by atoms with Crippen LogP contribution in [0.15, 0.2) is 66.7 Å². The van der Waals surface area contributed by atoms with Crippen LogP contribution in [-0.2, 0) is 22.0 Å². The number of aryl methyl sites for hydroxylation is 1. The molecule has 238 valence electrons. The molecule has 11 heteroatoms. The van der Waals surface area contributed by atoms with Crippen molar-refractivity contribution in [3.63, 3.8) is 0 Å². The van der Waals surface area contributed by atoms with Gasteiger partial charge in [0, 0.05) is 23.1 Å². The zero-order valence-electron chi connectivity index (χ0n) is 24.0. The van der Waals surface area contributed by atoms with E-state index in [4.69, 9.17) is 9.47 Å². The van der Waals surface area contributed by atoms with E-state index in [1.807, 2.05) is 24.3 Å². The molecular weight excluding hydrogens is 608 g/mol. The number of unbranched alkanes of at least 4 members (excludes halogenated alkanes) is 2. The van der Waals surface area contributed by atoms with Crippen molar-refractivity contribution in [1.29, 1.82) is 0 Å². The average Bonchev–Trinajstić information content (AvgIpc) is 2.99. The van der Waals surface area contributed by atoms with E-state index in [1.54, 1.807) is 0 Å². The lowest BCUT2D eigenvalue weighted by Crippen LogP contribution is -2.28. The van der Waals surface area contributed by atoms with Crippen molar-refractivity contribution in [3.05, 3.63) is 124 Å². The number of halogens is 8. The van der Waals surface area contributed by atoms with Crippen LogP contribution in [0.3, 0.4) is 0 Å². The van der Waals surface area contributed by atoms with E-state index >= 15 is 0 Å². The van der Waals surface area contributed by atoms with E-state index in [-0.39, 0.29) is 24.7 Å². The fourth-order valence-corrected chi connectivity index (χ4v) is 5.13. The molecule has 0 saturated carbocycles. The van der Waals surface area contributed by atoms with Gasteiger partial charge in [-0.25, -0.2) is 26.3 Å². The zero-order valence-corrected chi connectivity index (χ0v) is 24.0. The molecule has 0 N–H and O–H groups in total. The van der Waals surface area contributed by atoms with Gasteiger partial charge in [0.25, 0.3) is 0 Å². The smallest absolute Gasteiger partial charge is 0.429 e. The maximum atomic E-state index is 15.0. The molecule has 1 aliphatic rings. The summed E-state index contributed by atoms with van der Waals surface area (Å²) in [7, 11) is 0. The summed E-state index contributed by atoms with van der Waals surface area (Å²) >= 11 is 0. The van der Waals surface area contributed by atoms with Crippen molar-refractivity contribution in [1.82, 2.24) is 0 Å². The molecule has 0 bridgehead atoms. The number of alkyl halides is 2. The Hall–Kier alpha value is -3.96. The monoisotopic (exact) mass is 636 g/mol. The Labute approximate surface area is 254 Å². The lowest BCUT2D eigenvalue weighted by Gasteiger charge is -2.30. The minimum absolute atomic E-state index is 0.134. The molecule has 0 spiro atoms. The van der Waals surface area contributed by atoms with Crippen LogP contribution in [0, 0.1) is 34.9 Å². The average molecular weight is 637 g/mol. The summed E-state index contributed by atoms with van der Waals surface area (Å²) in [5, 5.41) is 0. The summed E-state index contributed by atoms with van der Waals surface area (Å²) in [5.41, 5.74) is -0.577. The van der Waals surface area contributed by atoms with E-state index in [0.29, 0.717) is 30.3 Å². The summed E-state index contributed by atoms with van der Waals surface area (Å²) in [6.45, 7) is 2.48. The van der Waals surface area contributed by atoms with Crippen molar-refractivity contribution in [2.24, 2.45) is 0 Å². The van der Waals surface area contributed by atoms with Gasteiger partial charge in [0.05, 0.1) is 13.2 Å². The fraction of sp³-hybridized carbons (Fsp3) is 0.294. The van der Waals surface area contributed by atoms with E-state index in [9.17, 15) is 35.1 Å². The number of ether oxygens (including phenoxy) is 3. The van der Waals surface area contributed by atoms with Gasteiger partial charge >= 0.3 is 6.11 Å².